The molecule has 0 aromatic heterocycles. The summed E-state index contributed by atoms with van der Waals surface area (Å²) in [5.74, 6) is 0. The zero-order chi connectivity index (χ0) is 9.10. The molecular formula is C9H16N3O. The average molecular weight is 182 g/mol. The average Bonchev–Trinajstić information content (AvgIpc) is 2.20. The van der Waals surface area contributed by atoms with Gasteiger partial charge in [0.25, 0.3) is 0 Å². The molecule has 1 atom stereocenters. The van der Waals surface area contributed by atoms with E-state index in [1.54, 1.807) is 0 Å². The Kier molecular flexibility index (Phi) is 2.68. The monoisotopic (exact) mass is 182 g/mol. The van der Waals surface area contributed by atoms with Gasteiger partial charge < -0.3 is 10.2 Å². The highest BCUT2D eigenvalue weighted by molar-refractivity contribution is 5.75. The molecular weight excluding hydrogens is 166 g/mol. The second kappa shape index (κ2) is 3.96. The zero-order valence-electron chi connectivity index (χ0n) is 7.83. The molecule has 13 heavy (non-hydrogen) atoms. The van der Waals surface area contributed by atoms with Gasteiger partial charge in [-0.05, 0) is 25.7 Å². The van der Waals surface area contributed by atoms with Crippen LogP contribution in [0.3, 0.4) is 0 Å². The minimum atomic E-state index is 0.0712. The van der Waals surface area contributed by atoms with E-state index in [1.807, 2.05) is 4.90 Å². The maximum absolute atomic E-state index is 11.4. The van der Waals surface area contributed by atoms with Crippen LogP contribution in [-0.2, 0) is 0 Å². The lowest BCUT2D eigenvalue weighted by Crippen LogP contribution is -2.55. The van der Waals surface area contributed by atoms with Crippen molar-refractivity contribution in [1.29, 1.82) is 0 Å². The Morgan fingerprint density at radius 1 is 1.38 bits per heavy atom. The molecule has 0 aromatic rings. The van der Waals surface area contributed by atoms with Crippen molar-refractivity contribution >= 4 is 6.03 Å². The van der Waals surface area contributed by atoms with Crippen LogP contribution in [0.2, 0.25) is 0 Å². The summed E-state index contributed by atoms with van der Waals surface area (Å²) in [5.41, 5.74) is 0. The second-order valence-corrected chi connectivity index (χ2v) is 3.66. The van der Waals surface area contributed by atoms with Crippen LogP contribution in [0.25, 0.3) is 0 Å². The van der Waals surface area contributed by atoms with Gasteiger partial charge in [0, 0.05) is 19.6 Å². The van der Waals surface area contributed by atoms with Crippen molar-refractivity contribution in [3.63, 3.8) is 0 Å². The van der Waals surface area contributed by atoms with Crippen LogP contribution in [0.1, 0.15) is 25.7 Å². The van der Waals surface area contributed by atoms with Gasteiger partial charge in [-0.1, -0.05) is 0 Å². The predicted molar refractivity (Wildman–Crippen MR) is 49.4 cm³/mol. The minimum absolute atomic E-state index is 0.0712. The molecule has 4 heteroatoms. The first kappa shape index (κ1) is 8.81. The number of urea groups is 1. The third kappa shape index (κ3) is 1.94. The molecule has 1 radical (unpaired) electrons. The summed E-state index contributed by atoms with van der Waals surface area (Å²) in [6.45, 7) is 2.62. The molecule has 0 saturated carbocycles. The Labute approximate surface area is 78.7 Å². The number of amides is 2. The fourth-order valence-corrected chi connectivity index (χ4v) is 1.96. The molecule has 2 heterocycles. The summed E-state index contributed by atoms with van der Waals surface area (Å²) >= 11 is 0. The van der Waals surface area contributed by atoms with Gasteiger partial charge in [0.1, 0.15) is 0 Å². The number of nitrogens with zero attached hydrogens (tertiary/aromatic N) is 2. The number of piperidine rings is 1. The van der Waals surface area contributed by atoms with E-state index >= 15 is 0 Å². The summed E-state index contributed by atoms with van der Waals surface area (Å²) in [6, 6.07) is 0.0712. The number of nitrogens with one attached hydrogen (secondary N) is 1. The molecule has 1 unspecified atom stereocenters. The number of carbonyl (C=O) groups is 1. The standard InChI is InChI=1S/C9H16N3O/c13-9-11-6-3-7-12(9)8-4-1-2-5-10-8/h8H,1-7H2,(H,11,13). The lowest BCUT2D eigenvalue weighted by Gasteiger charge is -2.36. The van der Waals surface area contributed by atoms with Crippen molar-refractivity contribution in [2.75, 3.05) is 19.6 Å². The third-order valence-electron chi connectivity index (χ3n) is 2.68. The lowest BCUT2D eigenvalue weighted by atomic mass is 10.1. The van der Waals surface area contributed by atoms with Crippen molar-refractivity contribution in [3.05, 3.63) is 0 Å². The predicted octanol–water partition coefficient (Wildman–Crippen LogP) is 0.516. The molecule has 0 aromatic carbocycles. The van der Waals surface area contributed by atoms with E-state index in [-0.39, 0.29) is 12.2 Å². The van der Waals surface area contributed by atoms with Crippen LogP contribution < -0.4 is 10.6 Å². The van der Waals surface area contributed by atoms with Gasteiger partial charge >= 0.3 is 6.03 Å². The molecule has 2 aliphatic heterocycles. The summed E-state index contributed by atoms with van der Waals surface area (Å²) in [7, 11) is 0. The zero-order valence-corrected chi connectivity index (χ0v) is 7.83. The maximum Gasteiger partial charge on any atom is 0.318 e. The first-order valence-corrected chi connectivity index (χ1v) is 5.09. The van der Waals surface area contributed by atoms with Crippen LogP contribution in [-0.4, -0.2) is 36.7 Å². The third-order valence-corrected chi connectivity index (χ3v) is 2.68. The molecule has 2 saturated heterocycles. The molecule has 2 rings (SSSR count). The topological polar surface area (TPSA) is 46.4 Å². The normalized spacial score (nSPS) is 30.0. The van der Waals surface area contributed by atoms with Gasteiger partial charge in [-0.15, -0.1) is 0 Å². The first-order valence-electron chi connectivity index (χ1n) is 5.09. The smallest absolute Gasteiger partial charge is 0.318 e. The minimum Gasteiger partial charge on any atom is -0.338 e. The van der Waals surface area contributed by atoms with E-state index in [1.165, 1.54) is 12.8 Å². The number of hydrogen-bond acceptors (Lipinski definition) is 1. The van der Waals surface area contributed by atoms with E-state index in [9.17, 15) is 4.79 Å². The van der Waals surface area contributed by atoms with Crippen LogP contribution in [0.5, 0.6) is 0 Å². The van der Waals surface area contributed by atoms with Crippen LogP contribution in [0.15, 0.2) is 0 Å². The highest BCUT2D eigenvalue weighted by Gasteiger charge is 2.27. The van der Waals surface area contributed by atoms with Gasteiger partial charge in [0.15, 0.2) is 0 Å². The molecule has 1 N–H and O–H groups in total. The van der Waals surface area contributed by atoms with Gasteiger partial charge in [0.05, 0.1) is 6.17 Å². The fraction of sp³-hybridized carbons (Fsp3) is 0.889. The second-order valence-electron chi connectivity index (χ2n) is 3.66. The maximum atomic E-state index is 11.4. The number of rotatable bonds is 1. The SMILES string of the molecule is O=C1NCCCN1C1CCCC[N]1. The van der Waals surface area contributed by atoms with E-state index < -0.39 is 0 Å². The summed E-state index contributed by atoms with van der Waals surface area (Å²) in [6.07, 6.45) is 4.66. The molecule has 2 fully saturated rings. The van der Waals surface area contributed by atoms with Gasteiger partial charge in [0.2, 0.25) is 0 Å². The van der Waals surface area contributed by atoms with Crippen LogP contribution >= 0.6 is 0 Å². The summed E-state index contributed by atoms with van der Waals surface area (Å²) in [5, 5.41) is 7.32. The Morgan fingerprint density at radius 2 is 2.31 bits per heavy atom. The quantitative estimate of drug-likeness (QED) is 0.631. The summed E-state index contributed by atoms with van der Waals surface area (Å²) in [4.78, 5) is 13.3. The van der Waals surface area contributed by atoms with Crippen molar-refractivity contribution in [2.45, 2.75) is 31.8 Å². The summed E-state index contributed by atoms with van der Waals surface area (Å²) < 4.78 is 0. The molecule has 4 nitrogen and oxygen atoms in total. The largest absolute Gasteiger partial charge is 0.338 e. The van der Waals surface area contributed by atoms with Gasteiger partial charge in [-0.3, -0.25) is 0 Å². The van der Waals surface area contributed by atoms with E-state index in [4.69, 9.17) is 0 Å². The first-order chi connectivity index (χ1) is 6.38. The highest BCUT2D eigenvalue weighted by atomic mass is 16.2. The van der Waals surface area contributed by atoms with Crippen molar-refractivity contribution in [2.24, 2.45) is 0 Å². The lowest BCUT2D eigenvalue weighted by molar-refractivity contribution is 0.130. The van der Waals surface area contributed by atoms with Crippen molar-refractivity contribution in [3.8, 4) is 0 Å². The molecule has 2 aliphatic rings. The highest BCUT2D eigenvalue weighted by Crippen LogP contribution is 2.14. The van der Waals surface area contributed by atoms with E-state index in [0.29, 0.717) is 0 Å². The number of carbonyl (C=O) groups excluding carboxylic acids is 1. The Hall–Kier alpha value is -0.770. The van der Waals surface area contributed by atoms with Gasteiger partial charge in [-0.2, -0.15) is 0 Å². The van der Waals surface area contributed by atoms with Crippen LogP contribution in [0.4, 0.5) is 4.79 Å². The Bertz CT molecular complexity index is 189. The van der Waals surface area contributed by atoms with Gasteiger partial charge in [-0.25, -0.2) is 10.1 Å². The van der Waals surface area contributed by atoms with Crippen molar-refractivity contribution < 1.29 is 4.79 Å². The van der Waals surface area contributed by atoms with E-state index in [0.717, 1.165) is 32.5 Å². The Balaban J connectivity index is 1.92. The van der Waals surface area contributed by atoms with Crippen LogP contribution in [0, 0.1) is 0 Å². The molecule has 2 amide bonds. The van der Waals surface area contributed by atoms with E-state index in [2.05, 4.69) is 10.6 Å². The molecule has 0 bridgehead atoms. The molecule has 0 aliphatic carbocycles. The fourth-order valence-electron chi connectivity index (χ4n) is 1.96. The van der Waals surface area contributed by atoms with Crippen molar-refractivity contribution in [1.82, 2.24) is 15.5 Å². The Morgan fingerprint density at radius 3 is 3.00 bits per heavy atom. The number of hydrogen-bond donors (Lipinski definition) is 1. The molecule has 73 valence electrons. The molecule has 0 spiro atoms.